The molecule has 2 fully saturated rings. The number of piperidine rings is 1. The molecule has 2 saturated heterocycles. The second-order valence-electron chi connectivity index (χ2n) is 5.22. The SMILES string of the molecule is CC1(C(=O)O)CCCN1C(=O)[C@H]1CCCNC1. The molecule has 96 valence electrons. The third-order valence-electron chi connectivity index (χ3n) is 4.01. The van der Waals surface area contributed by atoms with Gasteiger partial charge in [0.05, 0.1) is 5.92 Å². The molecule has 2 aliphatic heterocycles. The lowest BCUT2D eigenvalue weighted by Crippen LogP contribution is -2.54. The van der Waals surface area contributed by atoms with Gasteiger partial charge in [-0.1, -0.05) is 0 Å². The van der Waals surface area contributed by atoms with E-state index in [1.807, 2.05) is 0 Å². The number of carbonyl (C=O) groups excluding carboxylic acids is 1. The molecule has 1 unspecified atom stereocenters. The van der Waals surface area contributed by atoms with Crippen LogP contribution >= 0.6 is 0 Å². The van der Waals surface area contributed by atoms with Gasteiger partial charge < -0.3 is 15.3 Å². The number of carboxylic acids is 1. The minimum Gasteiger partial charge on any atom is -0.480 e. The molecule has 0 radical (unpaired) electrons. The summed E-state index contributed by atoms with van der Waals surface area (Å²) in [5, 5.41) is 12.5. The predicted molar refractivity (Wildman–Crippen MR) is 62.6 cm³/mol. The van der Waals surface area contributed by atoms with Crippen LogP contribution in [0.4, 0.5) is 0 Å². The Balaban J connectivity index is 2.10. The minimum absolute atomic E-state index is 0.0135. The fraction of sp³-hybridized carbons (Fsp3) is 0.833. The molecule has 5 heteroatoms. The van der Waals surface area contributed by atoms with Crippen LogP contribution in [0.2, 0.25) is 0 Å². The van der Waals surface area contributed by atoms with Gasteiger partial charge >= 0.3 is 5.97 Å². The number of aliphatic carboxylic acids is 1. The van der Waals surface area contributed by atoms with E-state index < -0.39 is 11.5 Å². The third-order valence-corrected chi connectivity index (χ3v) is 4.01. The molecule has 2 rings (SSSR count). The van der Waals surface area contributed by atoms with E-state index in [-0.39, 0.29) is 11.8 Å². The van der Waals surface area contributed by atoms with Crippen molar-refractivity contribution in [1.82, 2.24) is 10.2 Å². The van der Waals surface area contributed by atoms with Crippen molar-refractivity contribution in [1.29, 1.82) is 0 Å². The van der Waals surface area contributed by atoms with E-state index in [1.54, 1.807) is 11.8 Å². The standard InChI is InChI=1S/C12H20N2O3/c1-12(11(16)17)5-3-7-14(12)10(15)9-4-2-6-13-8-9/h9,13H,2-8H2,1H3,(H,16,17)/t9-,12?/m0/s1. The highest BCUT2D eigenvalue weighted by Gasteiger charge is 2.47. The number of likely N-dealkylation sites (tertiary alicyclic amines) is 1. The Kier molecular flexibility index (Phi) is 3.38. The van der Waals surface area contributed by atoms with Gasteiger partial charge in [0.25, 0.3) is 0 Å². The van der Waals surface area contributed by atoms with Crippen molar-refractivity contribution in [2.75, 3.05) is 19.6 Å². The lowest BCUT2D eigenvalue weighted by atomic mass is 9.94. The molecule has 0 aromatic heterocycles. The topological polar surface area (TPSA) is 69.6 Å². The van der Waals surface area contributed by atoms with Crippen LogP contribution in [0.3, 0.4) is 0 Å². The van der Waals surface area contributed by atoms with E-state index in [2.05, 4.69) is 5.32 Å². The van der Waals surface area contributed by atoms with Crippen LogP contribution in [-0.4, -0.2) is 47.1 Å². The summed E-state index contributed by atoms with van der Waals surface area (Å²) in [6, 6.07) is 0. The molecule has 2 aliphatic rings. The Morgan fingerprint density at radius 1 is 1.41 bits per heavy atom. The highest BCUT2D eigenvalue weighted by atomic mass is 16.4. The van der Waals surface area contributed by atoms with Crippen molar-refractivity contribution >= 4 is 11.9 Å². The van der Waals surface area contributed by atoms with Crippen molar-refractivity contribution in [2.45, 2.75) is 38.1 Å². The van der Waals surface area contributed by atoms with Crippen LogP contribution in [0.5, 0.6) is 0 Å². The molecule has 0 saturated carbocycles. The van der Waals surface area contributed by atoms with Gasteiger partial charge in [0.2, 0.25) is 5.91 Å². The van der Waals surface area contributed by atoms with E-state index in [0.717, 1.165) is 25.8 Å². The average molecular weight is 240 g/mol. The Bertz CT molecular complexity index is 326. The maximum absolute atomic E-state index is 12.3. The molecule has 5 nitrogen and oxygen atoms in total. The number of hydrogen-bond donors (Lipinski definition) is 2. The molecule has 0 spiro atoms. The number of nitrogens with zero attached hydrogens (tertiary/aromatic N) is 1. The normalized spacial score (nSPS) is 33.7. The van der Waals surface area contributed by atoms with E-state index >= 15 is 0 Å². The summed E-state index contributed by atoms with van der Waals surface area (Å²) in [6.45, 7) is 3.89. The second-order valence-corrected chi connectivity index (χ2v) is 5.22. The van der Waals surface area contributed by atoms with Crippen molar-refractivity contribution in [3.8, 4) is 0 Å². The lowest BCUT2D eigenvalue weighted by Gasteiger charge is -2.35. The van der Waals surface area contributed by atoms with Crippen LogP contribution in [0.1, 0.15) is 32.6 Å². The number of amides is 1. The van der Waals surface area contributed by atoms with E-state index in [0.29, 0.717) is 19.5 Å². The van der Waals surface area contributed by atoms with Gasteiger partial charge in [0, 0.05) is 13.1 Å². The highest BCUT2D eigenvalue weighted by Crippen LogP contribution is 2.31. The Morgan fingerprint density at radius 3 is 2.76 bits per heavy atom. The molecular weight excluding hydrogens is 220 g/mol. The van der Waals surface area contributed by atoms with Gasteiger partial charge in [-0.15, -0.1) is 0 Å². The average Bonchev–Trinajstić information content (AvgIpc) is 2.73. The summed E-state index contributed by atoms with van der Waals surface area (Å²) >= 11 is 0. The van der Waals surface area contributed by atoms with Crippen LogP contribution in [0, 0.1) is 5.92 Å². The molecule has 17 heavy (non-hydrogen) atoms. The molecule has 1 amide bonds. The van der Waals surface area contributed by atoms with Gasteiger partial charge in [0.1, 0.15) is 5.54 Å². The predicted octanol–water partition coefficient (Wildman–Crippen LogP) is 0.452. The summed E-state index contributed by atoms with van der Waals surface area (Å²) in [4.78, 5) is 25.2. The Morgan fingerprint density at radius 2 is 2.18 bits per heavy atom. The molecule has 0 aromatic carbocycles. The third kappa shape index (κ3) is 2.16. The number of nitrogens with one attached hydrogen (secondary N) is 1. The fourth-order valence-electron chi connectivity index (χ4n) is 2.82. The zero-order valence-electron chi connectivity index (χ0n) is 10.2. The molecular formula is C12H20N2O3. The quantitative estimate of drug-likeness (QED) is 0.735. The lowest BCUT2D eigenvalue weighted by molar-refractivity contribution is -0.157. The van der Waals surface area contributed by atoms with Gasteiger partial charge in [-0.25, -0.2) is 4.79 Å². The monoisotopic (exact) mass is 240 g/mol. The summed E-state index contributed by atoms with van der Waals surface area (Å²) in [6.07, 6.45) is 3.22. The number of carboxylic acid groups (broad SMARTS) is 1. The molecule has 2 heterocycles. The summed E-state index contributed by atoms with van der Waals surface area (Å²) < 4.78 is 0. The maximum atomic E-state index is 12.3. The van der Waals surface area contributed by atoms with Gasteiger partial charge in [-0.05, 0) is 39.2 Å². The largest absolute Gasteiger partial charge is 0.480 e. The molecule has 2 atom stereocenters. The summed E-state index contributed by atoms with van der Waals surface area (Å²) in [5.74, 6) is -0.910. The van der Waals surface area contributed by atoms with Crippen LogP contribution in [0.15, 0.2) is 0 Å². The maximum Gasteiger partial charge on any atom is 0.329 e. The Labute approximate surface area is 101 Å². The van der Waals surface area contributed by atoms with Crippen molar-refractivity contribution < 1.29 is 14.7 Å². The smallest absolute Gasteiger partial charge is 0.329 e. The zero-order chi connectivity index (χ0) is 12.5. The second kappa shape index (κ2) is 4.64. The van der Waals surface area contributed by atoms with Gasteiger partial charge in [-0.3, -0.25) is 4.79 Å². The van der Waals surface area contributed by atoms with Crippen molar-refractivity contribution in [3.63, 3.8) is 0 Å². The minimum atomic E-state index is -0.992. The molecule has 2 N–H and O–H groups in total. The Hall–Kier alpha value is -1.10. The van der Waals surface area contributed by atoms with Gasteiger partial charge in [0.15, 0.2) is 0 Å². The molecule has 0 aliphatic carbocycles. The first-order chi connectivity index (χ1) is 8.05. The van der Waals surface area contributed by atoms with E-state index in [1.165, 1.54) is 0 Å². The molecule has 0 bridgehead atoms. The highest BCUT2D eigenvalue weighted by molar-refractivity contribution is 5.88. The first-order valence-corrected chi connectivity index (χ1v) is 6.31. The number of hydrogen-bond acceptors (Lipinski definition) is 3. The first kappa shape index (κ1) is 12.4. The summed E-state index contributed by atoms with van der Waals surface area (Å²) in [7, 11) is 0. The van der Waals surface area contributed by atoms with E-state index in [4.69, 9.17) is 0 Å². The summed E-state index contributed by atoms with van der Waals surface area (Å²) in [5.41, 5.74) is -0.992. The van der Waals surface area contributed by atoms with Gasteiger partial charge in [-0.2, -0.15) is 0 Å². The first-order valence-electron chi connectivity index (χ1n) is 6.31. The van der Waals surface area contributed by atoms with Crippen LogP contribution < -0.4 is 5.32 Å². The van der Waals surface area contributed by atoms with Crippen LogP contribution in [-0.2, 0) is 9.59 Å². The van der Waals surface area contributed by atoms with Crippen molar-refractivity contribution in [2.24, 2.45) is 5.92 Å². The number of carbonyl (C=O) groups is 2. The zero-order valence-corrected chi connectivity index (χ0v) is 10.2. The van der Waals surface area contributed by atoms with E-state index in [9.17, 15) is 14.7 Å². The van der Waals surface area contributed by atoms with Crippen LogP contribution in [0.25, 0.3) is 0 Å². The van der Waals surface area contributed by atoms with Crippen molar-refractivity contribution in [3.05, 3.63) is 0 Å². The fourth-order valence-corrected chi connectivity index (χ4v) is 2.82. The number of rotatable bonds is 2. The molecule has 0 aromatic rings.